The Bertz CT molecular complexity index is 954. The average Bonchev–Trinajstić information content (AvgIpc) is 3.18. The molecule has 24 heavy (non-hydrogen) atoms. The van der Waals surface area contributed by atoms with Gasteiger partial charge in [0.15, 0.2) is 11.5 Å². The van der Waals surface area contributed by atoms with E-state index < -0.39 is 0 Å². The van der Waals surface area contributed by atoms with E-state index in [9.17, 15) is 0 Å². The smallest absolute Gasteiger partial charge is 0.162 e. The Hall–Kier alpha value is -3.01. The predicted octanol–water partition coefficient (Wildman–Crippen LogP) is 4.29. The number of nitrogens with zero attached hydrogens (tertiary/aromatic N) is 2. The zero-order valence-corrected chi connectivity index (χ0v) is 13.9. The van der Waals surface area contributed by atoms with Gasteiger partial charge in [0.2, 0.25) is 0 Å². The van der Waals surface area contributed by atoms with Crippen molar-refractivity contribution in [3.05, 3.63) is 71.5 Å². The van der Waals surface area contributed by atoms with Gasteiger partial charge < -0.3 is 14.0 Å². The van der Waals surface area contributed by atoms with E-state index in [1.807, 2.05) is 42.6 Å². The summed E-state index contributed by atoms with van der Waals surface area (Å²) in [6.07, 6.45) is 2.04. The molecule has 1 aromatic heterocycles. The molecule has 2 heterocycles. The number of methoxy groups -OCH3 is 2. The molecule has 0 saturated heterocycles. The van der Waals surface area contributed by atoms with Crippen LogP contribution < -0.4 is 9.47 Å². The molecular weight excluding hydrogens is 300 g/mol. The van der Waals surface area contributed by atoms with Crippen LogP contribution in [0.1, 0.15) is 16.8 Å². The zero-order valence-electron chi connectivity index (χ0n) is 13.9. The molecule has 0 aliphatic carbocycles. The summed E-state index contributed by atoms with van der Waals surface area (Å²) in [5.74, 6) is 1.42. The van der Waals surface area contributed by atoms with Crippen molar-refractivity contribution in [3.8, 4) is 17.2 Å². The SMILES string of the molecule is COc1cc2c(cc1OC)-n1cccc1C2=Nc1ccccc1C. The van der Waals surface area contributed by atoms with Gasteiger partial charge in [-0.1, -0.05) is 18.2 Å². The largest absolute Gasteiger partial charge is 0.493 e. The molecule has 2 aromatic carbocycles. The molecule has 0 unspecified atom stereocenters. The Morgan fingerprint density at radius 3 is 2.42 bits per heavy atom. The van der Waals surface area contributed by atoms with Crippen molar-refractivity contribution in [2.24, 2.45) is 4.99 Å². The molecule has 3 aromatic rings. The molecular formula is C20H18N2O2. The number of rotatable bonds is 3. The highest BCUT2D eigenvalue weighted by atomic mass is 16.5. The highest BCUT2D eigenvalue weighted by molar-refractivity contribution is 6.18. The third-order valence-corrected chi connectivity index (χ3v) is 4.36. The van der Waals surface area contributed by atoms with E-state index in [0.717, 1.165) is 33.9 Å². The number of aliphatic imine (C=N–C) groups is 1. The third kappa shape index (κ3) is 2.11. The number of aromatic nitrogens is 1. The first-order valence-corrected chi connectivity index (χ1v) is 7.81. The minimum absolute atomic E-state index is 0.708. The Morgan fingerprint density at radius 2 is 1.67 bits per heavy atom. The summed E-state index contributed by atoms with van der Waals surface area (Å²) in [5.41, 5.74) is 6.25. The highest BCUT2D eigenvalue weighted by Gasteiger charge is 2.27. The van der Waals surface area contributed by atoms with Gasteiger partial charge >= 0.3 is 0 Å². The maximum absolute atomic E-state index is 5.47. The van der Waals surface area contributed by atoms with Crippen LogP contribution in [0, 0.1) is 6.92 Å². The number of para-hydroxylation sites is 1. The Morgan fingerprint density at radius 1 is 0.917 bits per heavy atom. The molecule has 0 fully saturated rings. The molecule has 4 rings (SSSR count). The van der Waals surface area contributed by atoms with Gasteiger partial charge in [-0.3, -0.25) is 0 Å². The maximum Gasteiger partial charge on any atom is 0.162 e. The normalized spacial score (nSPS) is 13.7. The van der Waals surface area contributed by atoms with Crippen LogP contribution >= 0.6 is 0 Å². The van der Waals surface area contributed by atoms with Crippen molar-refractivity contribution in [3.63, 3.8) is 0 Å². The molecule has 0 atom stereocenters. The van der Waals surface area contributed by atoms with E-state index >= 15 is 0 Å². The second-order valence-corrected chi connectivity index (χ2v) is 5.73. The molecule has 120 valence electrons. The van der Waals surface area contributed by atoms with Gasteiger partial charge in [0, 0.05) is 17.8 Å². The van der Waals surface area contributed by atoms with Crippen molar-refractivity contribution in [2.75, 3.05) is 14.2 Å². The number of fused-ring (bicyclic) bond motifs is 3. The molecule has 0 radical (unpaired) electrons. The number of hydrogen-bond donors (Lipinski definition) is 0. The fourth-order valence-corrected chi connectivity index (χ4v) is 3.11. The first-order valence-electron chi connectivity index (χ1n) is 7.81. The number of aryl methyl sites for hydroxylation is 1. The summed E-state index contributed by atoms with van der Waals surface area (Å²) in [6.45, 7) is 2.07. The molecule has 0 N–H and O–H groups in total. The summed E-state index contributed by atoms with van der Waals surface area (Å²) in [7, 11) is 3.30. The summed E-state index contributed by atoms with van der Waals surface area (Å²) < 4.78 is 13.1. The molecule has 0 saturated carbocycles. The molecule has 4 nitrogen and oxygen atoms in total. The van der Waals surface area contributed by atoms with Crippen molar-refractivity contribution >= 4 is 11.4 Å². The van der Waals surface area contributed by atoms with Gasteiger partial charge in [-0.2, -0.15) is 0 Å². The van der Waals surface area contributed by atoms with Crippen molar-refractivity contribution in [1.29, 1.82) is 0 Å². The van der Waals surface area contributed by atoms with Crippen molar-refractivity contribution in [2.45, 2.75) is 6.92 Å². The molecule has 4 heteroatoms. The van der Waals surface area contributed by atoms with Crippen LogP contribution in [0.4, 0.5) is 5.69 Å². The molecule has 0 spiro atoms. The van der Waals surface area contributed by atoms with E-state index in [0.29, 0.717) is 11.5 Å². The van der Waals surface area contributed by atoms with Crippen molar-refractivity contribution in [1.82, 2.24) is 4.57 Å². The minimum atomic E-state index is 0.708. The summed E-state index contributed by atoms with van der Waals surface area (Å²) in [5, 5.41) is 0. The number of hydrogen-bond acceptors (Lipinski definition) is 3. The summed E-state index contributed by atoms with van der Waals surface area (Å²) >= 11 is 0. The summed E-state index contributed by atoms with van der Waals surface area (Å²) in [6, 6.07) is 16.3. The Kier molecular flexibility index (Phi) is 3.38. The summed E-state index contributed by atoms with van der Waals surface area (Å²) in [4.78, 5) is 4.94. The lowest BCUT2D eigenvalue weighted by atomic mass is 10.1. The fourth-order valence-electron chi connectivity index (χ4n) is 3.11. The molecule has 1 aliphatic rings. The van der Waals surface area contributed by atoms with E-state index in [1.54, 1.807) is 14.2 Å². The standard InChI is InChI=1S/C20H18N2O2/c1-13-7-4-5-8-15(13)21-20-14-11-18(23-2)19(24-3)12-17(14)22-10-6-9-16(20)22/h4-12H,1-3H3. The first kappa shape index (κ1) is 14.6. The lowest BCUT2D eigenvalue weighted by Crippen LogP contribution is -1.99. The second kappa shape index (κ2) is 5.57. The third-order valence-electron chi connectivity index (χ3n) is 4.36. The zero-order chi connectivity index (χ0) is 16.7. The van der Waals surface area contributed by atoms with Crippen LogP contribution in [0.5, 0.6) is 11.5 Å². The highest BCUT2D eigenvalue weighted by Crippen LogP contribution is 2.38. The molecule has 0 bridgehead atoms. The van der Waals surface area contributed by atoms with Gasteiger partial charge in [-0.05, 0) is 36.8 Å². The quantitative estimate of drug-likeness (QED) is 0.565. The topological polar surface area (TPSA) is 35.8 Å². The van der Waals surface area contributed by atoms with Crippen LogP contribution in [0.25, 0.3) is 5.69 Å². The van der Waals surface area contributed by atoms with Gasteiger partial charge in [-0.15, -0.1) is 0 Å². The van der Waals surface area contributed by atoms with Crippen LogP contribution in [0.2, 0.25) is 0 Å². The van der Waals surface area contributed by atoms with Crippen LogP contribution in [0.3, 0.4) is 0 Å². The van der Waals surface area contributed by atoms with E-state index in [1.165, 1.54) is 0 Å². The average molecular weight is 318 g/mol. The number of ether oxygens (including phenoxy) is 2. The van der Waals surface area contributed by atoms with E-state index in [-0.39, 0.29) is 0 Å². The van der Waals surface area contributed by atoms with Gasteiger partial charge in [0.25, 0.3) is 0 Å². The van der Waals surface area contributed by atoms with Crippen LogP contribution in [-0.2, 0) is 0 Å². The first-order chi connectivity index (χ1) is 11.7. The monoisotopic (exact) mass is 318 g/mol. The van der Waals surface area contributed by atoms with Gasteiger partial charge in [-0.25, -0.2) is 4.99 Å². The Labute approximate surface area is 141 Å². The minimum Gasteiger partial charge on any atom is -0.493 e. The maximum atomic E-state index is 5.47. The lowest BCUT2D eigenvalue weighted by Gasteiger charge is -2.11. The lowest BCUT2D eigenvalue weighted by molar-refractivity contribution is 0.355. The van der Waals surface area contributed by atoms with Crippen LogP contribution in [0.15, 0.2) is 59.7 Å². The molecule has 1 aliphatic heterocycles. The number of benzene rings is 2. The van der Waals surface area contributed by atoms with E-state index in [4.69, 9.17) is 14.5 Å². The van der Waals surface area contributed by atoms with Crippen LogP contribution in [-0.4, -0.2) is 24.5 Å². The van der Waals surface area contributed by atoms with Crippen molar-refractivity contribution < 1.29 is 9.47 Å². The van der Waals surface area contributed by atoms with E-state index in [2.05, 4.69) is 23.6 Å². The predicted molar refractivity (Wildman–Crippen MR) is 95.4 cm³/mol. The Balaban J connectivity index is 1.97. The fraction of sp³-hybridized carbons (Fsp3) is 0.150. The molecule has 0 amide bonds. The van der Waals surface area contributed by atoms with Gasteiger partial charge in [0.1, 0.15) is 0 Å². The van der Waals surface area contributed by atoms with Gasteiger partial charge in [0.05, 0.1) is 37.0 Å². The second-order valence-electron chi connectivity index (χ2n) is 5.73.